The normalized spacial score (nSPS) is 11.2. The number of anilines is 1. The van der Waals surface area contributed by atoms with Gasteiger partial charge in [-0.25, -0.2) is 4.98 Å². The second kappa shape index (κ2) is 7.53. The van der Waals surface area contributed by atoms with E-state index in [1.807, 2.05) is 19.1 Å². The molecule has 0 saturated carbocycles. The average Bonchev–Trinajstić information content (AvgIpc) is 2.52. The van der Waals surface area contributed by atoms with Crippen molar-refractivity contribution in [2.75, 3.05) is 18.4 Å². The van der Waals surface area contributed by atoms with E-state index < -0.39 is 11.7 Å². The maximum absolute atomic E-state index is 12.5. The highest BCUT2D eigenvalue weighted by molar-refractivity contribution is 6.32. The van der Waals surface area contributed by atoms with Crippen LogP contribution < -0.4 is 10.6 Å². The zero-order chi connectivity index (χ0) is 17.7. The first-order valence-corrected chi connectivity index (χ1v) is 7.47. The third kappa shape index (κ3) is 4.61. The van der Waals surface area contributed by atoms with E-state index in [2.05, 4.69) is 15.6 Å². The number of amides is 1. The van der Waals surface area contributed by atoms with Gasteiger partial charge >= 0.3 is 6.18 Å². The average molecular weight is 358 g/mol. The van der Waals surface area contributed by atoms with Crippen molar-refractivity contribution in [2.24, 2.45) is 0 Å². The van der Waals surface area contributed by atoms with Crippen molar-refractivity contribution in [3.63, 3.8) is 0 Å². The van der Waals surface area contributed by atoms with Crippen molar-refractivity contribution < 1.29 is 18.0 Å². The molecule has 0 bridgehead atoms. The Labute approximate surface area is 142 Å². The lowest BCUT2D eigenvalue weighted by atomic mass is 10.1. The maximum atomic E-state index is 12.5. The van der Waals surface area contributed by atoms with E-state index in [0.29, 0.717) is 11.8 Å². The van der Waals surface area contributed by atoms with E-state index in [1.54, 1.807) is 12.1 Å². The molecule has 0 fully saturated rings. The highest BCUT2D eigenvalue weighted by Gasteiger charge is 2.31. The third-order valence-electron chi connectivity index (χ3n) is 3.26. The van der Waals surface area contributed by atoms with Crippen molar-refractivity contribution in [1.82, 2.24) is 10.3 Å². The molecule has 1 heterocycles. The Bertz CT molecular complexity index is 735. The Balaban J connectivity index is 1.87. The largest absolute Gasteiger partial charge is 0.417 e. The first-order chi connectivity index (χ1) is 11.3. The maximum Gasteiger partial charge on any atom is 0.417 e. The van der Waals surface area contributed by atoms with Crippen LogP contribution in [0.3, 0.4) is 0 Å². The first kappa shape index (κ1) is 18.1. The standard InChI is InChI=1S/C16H15ClF3N3O/c1-10-4-2-3-5-12(10)15(24)22-7-6-21-14-13(17)8-11(9-23-14)16(18,19)20/h2-5,8-9H,6-7H2,1H3,(H,21,23)(H,22,24). The molecule has 0 radical (unpaired) electrons. The van der Waals surface area contributed by atoms with Gasteiger partial charge in [0.1, 0.15) is 5.82 Å². The van der Waals surface area contributed by atoms with Gasteiger partial charge in [-0.05, 0) is 24.6 Å². The fraction of sp³-hybridized carbons (Fsp3) is 0.250. The molecule has 1 aromatic heterocycles. The lowest BCUT2D eigenvalue weighted by Gasteiger charge is -2.11. The van der Waals surface area contributed by atoms with Gasteiger partial charge in [0.05, 0.1) is 10.6 Å². The number of nitrogens with zero attached hydrogens (tertiary/aromatic N) is 1. The van der Waals surface area contributed by atoms with E-state index in [4.69, 9.17) is 11.6 Å². The van der Waals surface area contributed by atoms with Crippen molar-refractivity contribution in [3.8, 4) is 0 Å². The Morgan fingerprint density at radius 1 is 1.25 bits per heavy atom. The van der Waals surface area contributed by atoms with E-state index in [0.717, 1.165) is 11.6 Å². The Morgan fingerprint density at radius 2 is 1.96 bits per heavy atom. The second-order valence-corrected chi connectivity index (χ2v) is 5.46. The van der Waals surface area contributed by atoms with Crippen LogP contribution in [-0.2, 0) is 6.18 Å². The van der Waals surface area contributed by atoms with Gasteiger partial charge < -0.3 is 10.6 Å². The minimum Gasteiger partial charge on any atom is -0.367 e. The van der Waals surface area contributed by atoms with Gasteiger partial charge in [-0.3, -0.25) is 4.79 Å². The van der Waals surface area contributed by atoms with Gasteiger partial charge in [0.15, 0.2) is 0 Å². The highest BCUT2D eigenvalue weighted by Crippen LogP contribution is 2.32. The first-order valence-electron chi connectivity index (χ1n) is 7.09. The van der Waals surface area contributed by atoms with Crippen LogP contribution in [0.15, 0.2) is 36.5 Å². The number of nitrogens with one attached hydrogen (secondary N) is 2. The molecule has 8 heteroatoms. The number of aryl methyl sites for hydroxylation is 1. The van der Waals surface area contributed by atoms with Crippen LogP contribution in [0.25, 0.3) is 0 Å². The number of alkyl halides is 3. The highest BCUT2D eigenvalue weighted by atomic mass is 35.5. The van der Waals surface area contributed by atoms with E-state index in [-0.39, 0.29) is 29.8 Å². The number of benzene rings is 1. The summed E-state index contributed by atoms with van der Waals surface area (Å²) in [5.41, 5.74) is 0.518. The van der Waals surface area contributed by atoms with E-state index >= 15 is 0 Å². The molecule has 4 nitrogen and oxygen atoms in total. The van der Waals surface area contributed by atoms with Gasteiger partial charge in [0.25, 0.3) is 5.91 Å². The lowest BCUT2D eigenvalue weighted by Crippen LogP contribution is -2.29. The molecule has 0 aliphatic carbocycles. The summed E-state index contributed by atoms with van der Waals surface area (Å²) in [5, 5.41) is 5.37. The molecule has 128 valence electrons. The van der Waals surface area contributed by atoms with Crippen molar-refractivity contribution >= 4 is 23.3 Å². The molecule has 0 saturated heterocycles. The number of hydrogen-bond donors (Lipinski definition) is 2. The van der Waals surface area contributed by atoms with Crippen LogP contribution in [0.2, 0.25) is 5.02 Å². The SMILES string of the molecule is Cc1ccccc1C(=O)NCCNc1ncc(C(F)(F)F)cc1Cl. The molecule has 0 spiro atoms. The monoisotopic (exact) mass is 357 g/mol. The summed E-state index contributed by atoms with van der Waals surface area (Å²) >= 11 is 5.78. The van der Waals surface area contributed by atoms with Crippen LogP contribution in [0.1, 0.15) is 21.5 Å². The Hall–Kier alpha value is -2.28. The van der Waals surface area contributed by atoms with Gasteiger partial charge in [0, 0.05) is 24.8 Å². The number of pyridine rings is 1. The number of carbonyl (C=O) groups excluding carboxylic acids is 1. The summed E-state index contributed by atoms with van der Waals surface area (Å²) in [6.45, 7) is 2.38. The van der Waals surface area contributed by atoms with Gasteiger partial charge in [-0.15, -0.1) is 0 Å². The number of aromatic nitrogens is 1. The molecule has 0 unspecified atom stereocenters. The summed E-state index contributed by atoms with van der Waals surface area (Å²) < 4.78 is 37.6. The van der Waals surface area contributed by atoms with Crippen LogP contribution in [0.4, 0.5) is 19.0 Å². The fourth-order valence-corrected chi connectivity index (χ4v) is 2.24. The smallest absolute Gasteiger partial charge is 0.367 e. The summed E-state index contributed by atoms with van der Waals surface area (Å²) in [4.78, 5) is 15.7. The number of carbonyl (C=O) groups is 1. The van der Waals surface area contributed by atoms with Crippen LogP contribution in [-0.4, -0.2) is 24.0 Å². The van der Waals surface area contributed by atoms with Crippen molar-refractivity contribution in [1.29, 1.82) is 0 Å². The Kier molecular flexibility index (Phi) is 5.66. The van der Waals surface area contributed by atoms with Crippen LogP contribution >= 0.6 is 11.6 Å². The molecule has 0 aliphatic heterocycles. The topological polar surface area (TPSA) is 54.0 Å². The predicted octanol–water partition coefficient (Wildman–Crippen LogP) is 3.90. The molecule has 1 amide bonds. The molecule has 0 aliphatic rings. The van der Waals surface area contributed by atoms with E-state index in [9.17, 15) is 18.0 Å². The molecular weight excluding hydrogens is 343 g/mol. The summed E-state index contributed by atoms with van der Waals surface area (Å²) in [6, 6.07) is 7.96. The van der Waals surface area contributed by atoms with Crippen molar-refractivity contribution in [3.05, 3.63) is 58.2 Å². The van der Waals surface area contributed by atoms with Crippen LogP contribution in [0.5, 0.6) is 0 Å². The molecule has 2 rings (SSSR count). The molecule has 0 atom stereocenters. The number of hydrogen-bond acceptors (Lipinski definition) is 3. The van der Waals surface area contributed by atoms with E-state index in [1.165, 1.54) is 0 Å². The summed E-state index contributed by atoms with van der Waals surface area (Å²) in [5.74, 6) is -0.0869. The molecule has 2 N–H and O–H groups in total. The number of rotatable bonds is 5. The van der Waals surface area contributed by atoms with Gasteiger partial charge in [0.2, 0.25) is 0 Å². The zero-order valence-electron chi connectivity index (χ0n) is 12.7. The molecule has 2 aromatic rings. The minimum atomic E-state index is -4.49. The molecule has 1 aromatic carbocycles. The molecule has 24 heavy (non-hydrogen) atoms. The number of halogens is 4. The lowest BCUT2D eigenvalue weighted by molar-refractivity contribution is -0.137. The van der Waals surface area contributed by atoms with Gasteiger partial charge in [-0.2, -0.15) is 13.2 Å². The fourth-order valence-electron chi connectivity index (χ4n) is 2.00. The van der Waals surface area contributed by atoms with Gasteiger partial charge in [-0.1, -0.05) is 29.8 Å². The quantitative estimate of drug-likeness (QED) is 0.798. The Morgan fingerprint density at radius 3 is 2.58 bits per heavy atom. The predicted molar refractivity (Wildman–Crippen MR) is 86.3 cm³/mol. The second-order valence-electron chi connectivity index (χ2n) is 5.05. The zero-order valence-corrected chi connectivity index (χ0v) is 13.5. The minimum absolute atomic E-state index is 0.130. The van der Waals surface area contributed by atoms with Crippen LogP contribution in [0, 0.1) is 6.92 Å². The summed E-state index contributed by atoms with van der Waals surface area (Å²) in [7, 11) is 0. The van der Waals surface area contributed by atoms with Crippen molar-refractivity contribution in [2.45, 2.75) is 13.1 Å². The third-order valence-corrected chi connectivity index (χ3v) is 3.55. The molecular formula is C16H15ClF3N3O. The summed E-state index contributed by atoms with van der Waals surface area (Å²) in [6.07, 6.45) is -3.78.